The minimum Gasteiger partial charge on any atom is -0.507 e. The Labute approximate surface area is 134 Å². The predicted octanol–water partition coefficient (Wildman–Crippen LogP) is 2.64. The molecule has 6 nitrogen and oxygen atoms in total. The molecule has 1 saturated heterocycles. The first-order valence-electron chi connectivity index (χ1n) is 7.35. The molecule has 0 unspecified atom stereocenters. The minimum atomic E-state index is -1.35. The van der Waals surface area contributed by atoms with Crippen molar-refractivity contribution < 1.29 is 20.1 Å². The number of pyridine rings is 1. The zero-order chi connectivity index (χ0) is 16.8. The highest BCUT2D eigenvalue weighted by atomic mass is 16.4. The number of hydrogen-bond donors (Lipinski definition) is 3. The van der Waals surface area contributed by atoms with E-state index in [0.717, 1.165) is 0 Å². The summed E-state index contributed by atoms with van der Waals surface area (Å²) in [5.41, 5.74) is 0.894. The highest BCUT2D eigenvalue weighted by Gasteiger charge is 2.22. The Balaban J connectivity index is 0.000000168. The third kappa shape index (κ3) is 4.20. The molecular weight excluding hydrogens is 296 g/mol. The quantitative estimate of drug-likeness (QED) is 0.788. The van der Waals surface area contributed by atoms with Crippen molar-refractivity contribution in [2.45, 2.75) is 18.9 Å². The number of likely N-dealkylation sites (tertiary alicyclic amines) is 1. The molecule has 3 N–H and O–H groups in total. The standard InChI is InChI=1S/C10H14N2.C7H6O4/c1-12-7-3-5-10(12)9-4-2-6-11-8-9;8-4-2-1-3-5(9)6(4)7(10)11/h2,4,6,8,10H,3,5,7H2,1H3;1-3,8-9H,(H,10,11)/t10-;/m0./s1. The topological polar surface area (TPSA) is 93.9 Å². The first-order valence-corrected chi connectivity index (χ1v) is 7.35. The summed E-state index contributed by atoms with van der Waals surface area (Å²) in [5, 5.41) is 26.3. The summed E-state index contributed by atoms with van der Waals surface area (Å²) < 4.78 is 0. The van der Waals surface area contributed by atoms with Crippen LogP contribution in [0.2, 0.25) is 0 Å². The highest BCUT2D eigenvalue weighted by Crippen LogP contribution is 2.29. The summed E-state index contributed by atoms with van der Waals surface area (Å²) in [6.45, 7) is 1.22. The fraction of sp³-hybridized carbons (Fsp3) is 0.294. The normalized spacial score (nSPS) is 17.3. The van der Waals surface area contributed by atoms with Gasteiger partial charge in [0.2, 0.25) is 0 Å². The molecule has 1 aromatic carbocycles. The Bertz CT molecular complexity index is 641. The molecule has 1 aliphatic heterocycles. The highest BCUT2D eigenvalue weighted by molar-refractivity contribution is 5.93. The van der Waals surface area contributed by atoms with Crippen molar-refractivity contribution in [3.05, 3.63) is 53.9 Å². The van der Waals surface area contributed by atoms with Crippen molar-refractivity contribution in [2.75, 3.05) is 13.6 Å². The fourth-order valence-electron chi connectivity index (χ4n) is 2.65. The van der Waals surface area contributed by atoms with Gasteiger partial charge in [-0.15, -0.1) is 0 Å². The molecule has 122 valence electrons. The van der Waals surface area contributed by atoms with Gasteiger partial charge < -0.3 is 15.3 Å². The van der Waals surface area contributed by atoms with E-state index in [2.05, 4.69) is 23.0 Å². The molecule has 0 bridgehead atoms. The molecule has 23 heavy (non-hydrogen) atoms. The van der Waals surface area contributed by atoms with Crippen LogP contribution in [-0.4, -0.2) is 44.8 Å². The summed E-state index contributed by atoms with van der Waals surface area (Å²) in [6.07, 6.45) is 6.41. The first kappa shape index (κ1) is 16.8. The van der Waals surface area contributed by atoms with E-state index >= 15 is 0 Å². The number of carbonyl (C=O) groups is 1. The third-order valence-corrected chi connectivity index (χ3v) is 3.82. The van der Waals surface area contributed by atoms with Crippen LogP contribution in [0, 0.1) is 0 Å². The fourth-order valence-corrected chi connectivity index (χ4v) is 2.65. The maximum absolute atomic E-state index is 10.3. The maximum atomic E-state index is 10.3. The lowest BCUT2D eigenvalue weighted by molar-refractivity contribution is 0.0690. The van der Waals surface area contributed by atoms with Crippen LogP contribution >= 0.6 is 0 Å². The predicted molar refractivity (Wildman–Crippen MR) is 85.6 cm³/mol. The Hall–Kier alpha value is -2.60. The van der Waals surface area contributed by atoms with Crippen LogP contribution in [-0.2, 0) is 0 Å². The second kappa shape index (κ2) is 7.60. The van der Waals surface area contributed by atoms with E-state index in [-0.39, 0.29) is 0 Å². The van der Waals surface area contributed by atoms with Crippen molar-refractivity contribution in [1.82, 2.24) is 9.88 Å². The molecule has 1 atom stereocenters. The Morgan fingerprint density at radius 1 is 1.22 bits per heavy atom. The molecule has 1 aromatic heterocycles. The zero-order valence-corrected chi connectivity index (χ0v) is 12.9. The van der Waals surface area contributed by atoms with Gasteiger partial charge in [0, 0.05) is 18.4 Å². The average Bonchev–Trinajstić information content (AvgIpc) is 2.94. The van der Waals surface area contributed by atoms with Gasteiger partial charge in [-0.25, -0.2) is 4.79 Å². The van der Waals surface area contributed by atoms with E-state index < -0.39 is 23.0 Å². The van der Waals surface area contributed by atoms with E-state index in [1.54, 1.807) is 0 Å². The number of benzene rings is 1. The molecule has 1 fully saturated rings. The van der Waals surface area contributed by atoms with E-state index in [0.29, 0.717) is 6.04 Å². The molecule has 2 heterocycles. The van der Waals surface area contributed by atoms with Gasteiger partial charge in [-0.2, -0.15) is 0 Å². The summed E-state index contributed by atoms with van der Waals surface area (Å²) in [7, 11) is 2.19. The van der Waals surface area contributed by atoms with Crippen molar-refractivity contribution in [1.29, 1.82) is 0 Å². The van der Waals surface area contributed by atoms with Crippen LogP contribution in [0.4, 0.5) is 0 Å². The Morgan fingerprint density at radius 2 is 1.91 bits per heavy atom. The van der Waals surface area contributed by atoms with Crippen molar-refractivity contribution in [3.8, 4) is 11.5 Å². The minimum absolute atomic E-state index is 0.433. The number of rotatable bonds is 2. The number of nitrogens with zero attached hydrogens (tertiary/aromatic N) is 2. The Kier molecular flexibility index (Phi) is 5.54. The third-order valence-electron chi connectivity index (χ3n) is 3.82. The molecule has 0 radical (unpaired) electrons. The number of aromatic hydroxyl groups is 2. The number of carboxylic acids is 1. The SMILES string of the molecule is CN1CCC[C@H]1c1cccnc1.O=C(O)c1c(O)cccc1O. The van der Waals surface area contributed by atoms with E-state index in [9.17, 15) is 4.79 Å². The molecule has 0 spiro atoms. The number of phenols is 2. The van der Waals surface area contributed by atoms with Crippen LogP contribution in [0.5, 0.6) is 11.5 Å². The van der Waals surface area contributed by atoms with Crippen LogP contribution in [0.3, 0.4) is 0 Å². The van der Waals surface area contributed by atoms with Crippen LogP contribution in [0.25, 0.3) is 0 Å². The Morgan fingerprint density at radius 3 is 2.35 bits per heavy atom. The lowest BCUT2D eigenvalue weighted by atomic mass is 10.1. The lowest BCUT2D eigenvalue weighted by Gasteiger charge is -2.18. The molecule has 0 aliphatic carbocycles. The van der Waals surface area contributed by atoms with Crippen LogP contribution < -0.4 is 0 Å². The van der Waals surface area contributed by atoms with Crippen molar-refractivity contribution in [2.24, 2.45) is 0 Å². The largest absolute Gasteiger partial charge is 0.507 e. The molecule has 6 heteroatoms. The number of aromatic carboxylic acids is 1. The molecule has 0 saturated carbocycles. The summed E-state index contributed by atoms with van der Waals surface area (Å²) in [5.74, 6) is -2.21. The molecule has 1 aliphatic rings. The maximum Gasteiger partial charge on any atom is 0.343 e. The van der Waals surface area contributed by atoms with Gasteiger partial charge in [-0.3, -0.25) is 9.88 Å². The average molecular weight is 316 g/mol. The van der Waals surface area contributed by atoms with E-state index in [1.807, 2.05) is 18.5 Å². The van der Waals surface area contributed by atoms with Gasteiger partial charge in [0.05, 0.1) is 0 Å². The summed E-state index contributed by atoms with van der Waals surface area (Å²) in [4.78, 5) is 16.9. The van der Waals surface area contributed by atoms with Gasteiger partial charge in [0.25, 0.3) is 0 Å². The monoisotopic (exact) mass is 316 g/mol. The van der Waals surface area contributed by atoms with Crippen molar-refractivity contribution in [3.63, 3.8) is 0 Å². The second-order valence-corrected chi connectivity index (χ2v) is 5.40. The van der Waals surface area contributed by atoms with Gasteiger partial charge in [0.15, 0.2) is 0 Å². The van der Waals surface area contributed by atoms with Crippen molar-refractivity contribution >= 4 is 5.97 Å². The molecular formula is C17H20N2O4. The summed E-state index contributed by atoms with van der Waals surface area (Å²) >= 11 is 0. The van der Waals surface area contributed by atoms with Gasteiger partial charge in [-0.05, 0) is 50.2 Å². The van der Waals surface area contributed by atoms with Crippen LogP contribution in [0.1, 0.15) is 34.8 Å². The van der Waals surface area contributed by atoms with E-state index in [4.69, 9.17) is 15.3 Å². The van der Waals surface area contributed by atoms with Crippen LogP contribution in [0.15, 0.2) is 42.7 Å². The number of hydrogen-bond acceptors (Lipinski definition) is 5. The molecule has 2 aromatic rings. The zero-order valence-electron chi connectivity index (χ0n) is 12.9. The van der Waals surface area contributed by atoms with Gasteiger partial charge in [0.1, 0.15) is 17.1 Å². The molecule has 0 amide bonds. The molecule has 3 rings (SSSR count). The van der Waals surface area contributed by atoms with Gasteiger partial charge >= 0.3 is 5.97 Å². The summed E-state index contributed by atoms with van der Waals surface area (Å²) in [6, 6.07) is 8.54. The van der Waals surface area contributed by atoms with E-state index in [1.165, 1.54) is 43.1 Å². The number of aromatic nitrogens is 1. The smallest absolute Gasteiger partial charge is 0.343 e. The lowest BCUT2D eigenvalue weighted by Crippen LogP contribution is -2.17. The number of carboxylic acid groups (broad SMARTS) is 1. The first-order chi connectivity index (χ1) is 11.0. The second-order valence-electron chi connectivity index (χ2n) is 5.40. The van der Waals surface area contributed by atoms with Gasteiger partial charge in [-0.1, -0.05) is 12.1 Å².